The molecule has 2 N–H and O–H groups in total. The number of benzene rings is 2. The number of nitrogens with one attached hydrogen (secondary N) is 2. The molecule has 188 valence electrons. The van der Waals surface area contributed by atoms with Crippen LogP contribution in [0.4, 0.5) is 13.2 Å². The maximum atomic E-state index is 12.7. The van der Waals surface area contributed by atoms with Crippen molar-refractivity contribution in [2.75, 3.05) is 6.54 Å². The number of nitrogens with zero attached hydrogens (tertiary/aromatic N) is 1. The highest BCUT2D eigenvalue weighted by molar-refractivity contribution is 6.30. The van der Waals surface area contributed by atoms with Crippen LogP contribution in [-0.4, -0.2) is 28.2 Å². The lowest BCUT2D eigenvalue weighted by atomic mass is 10.0. The van der Waals surface area contributed by atoms with Crippen LogP contribution in [0.1, 0.15) is 27.2 Å². The van der Waals surface area contributed by atoms with Gasteiger partial charge in [0.25, 0.3) is 11.5 Å². The number of carbonyl (C=O) groups excluding carboxylic acids is 1. The molecule has 0 saturated carbocycles. The van der Waals surface area contributed by atoms with Gasteiger partial charge in [-0.15, -0.1) is 0 Å². The van der Waals surface area contributed by atoms with Crippen LogP contribution >= 0.6 is 11.6 Å². The molecular formula is C26H23ClF3N3O3. The standard InChI is InChI=1S/C26H23ClF3N3O3/c1-13-5-16(9-18(6-13)36-23-14(2)7-17(27)8-15(23)3)20-11-33(4)25(35)22-19(20)10-21(32-22)24(34)31-12-26(28,29)30/h5-11,32H,12H2,1-4H3,(H,31,34). The Morgan fingerprint density at radius 1 is 1.08 bits per heavy atom. The van der Waals surface area contributed by atoms with E-state index in [1.807, 2.05) is 50.4 Å². The number of hydrogen-bond donors (Lipinski definition) is 2. The highest BCUT2D eigenvalue weighted by Gasteiger charge is 2.28. The van der Waals surface area contributed by atoms with Gasteiger partial charge in [0.15, 0.2) is 0 Å². The first-order chi connectivity index (χ1) is 16.8. The van der Waals surface area contributed by atoms with Gasteiger partial charge in [0, 0.05) is 29.2 Å². The Balaban J connectivity index is 1.79. The lowest BCUT2D eigenvalue weighted by molar-refractivity contribution is -0.123. The molecule has 4 rings (SSSR count). The molecular weight excluding hydrogens is 495 g/mol. The van der Waals surface area contributed by atoms with Crippen LogP contribution < -0.4 is 15.6 Å². The number of H-pyrrole nitrogens is 1. The number of fused-ring (bicyclic) bond motifs is 1. The summed E-state index contributed by atoms with van der Waals surface area (Å²) in [6, 6.07) is 10.6. The van der Waals surface area contributed by atoms with E-state index in [1.54, 1.807) is 19.3 Å². The molecule has 0 bridgehead atoms. The molecule has 4 aromatic rings. The van der Waals surface area contributed by atoms with Crippen LogP contribution in [0.15, 0.2) is 47.4 Å². The number of hydrogen-bond acceptors (Lipinski definition) is 3. The van der Waals surface area contributed by atoms with Crippen molar-refractivity contribution in [2.45, 2.75) is 26.9 Å². The number of carbonyl (C=O) groups is 1. The highest BCUT2D eigenvalue weighted by Crippen LogP contribution is 2.35. The monoisotopic (exact) mass is 517 g/mol. The quantitative estimate of drug-likeness (QED) is 0.331. The average molecular weight is 518 g/mol. The molecule has 0 saturated heterocycles. The third-order valence-corrected chi connectivity index (χ3v) is 5.88. The van der Waals surface area contributed by atoms with E-state index >= 15 is 0 Å². The number of halogens is 4. The van der Waals surface area contributed by atoms with Gasteiger partial charge in [-0.25, -0.2) is 0 Å². The minimum Gasteiger partial charge on any atom is -0.457 e. The third kappa shape index (κ3) is 5.26. The Kier molecular flexibility index (Phi) is 6.62. The van der Waals surface area contributed by atoms with Crippen molar-refractivity contribution in [1.82, 2.24) is 14.9 Å². The number of aryl methyl sites for hydroxylation is 4. The van der Waals surface area contributed by atoms with Crippen molar-refractivity contribution in [3.8, 4) is 22.6 Å². The summed E-state index contributed by atoms with van der Waals surface area (Å²) >= 11 is 6.13. The number of ether oxygens (including phenoxy) is 1. The Bertz CT molecular complexity index is 1530. The molecule has 0 atom stereocenters. The summed E-state index contributed by atoms with van der Waals surface area (Å²) in [7, 11) is 1.56. The topological polar surface area (TPSA) is 76.1 Å². The molecule has 10 heteroatoms. The zero-order valence-corrected chi connectivity index (χ0v) is 20.7. The number of amides is 1. The molecule has 0 fully saturated rings. The van der Waals surface area contributed by atoms with Crippen LogP contribution in [0.2, 0.25) is 5.02 Å². The van der Waals surface area contributed by atoms with Crippen LogP contribution in [0.3, 0.4) is 0 Å². The second-order valence-electron chi connectivity index (χ2n) is 8.73. The van der Waals surface area contributed by atoms with E-state index in [1.165, 1.54) is 10.6 Å². The molecule has 0 aliphatic heterocycles. The van der Waals surface area contributed by atoms with Gasteiger partial charge < -0.3 is 19.6 Å². The first-order valence-electron chi connectivity index (χ1n) is 11.0. The van der Waals surface area contributed by atoms with E-state index in [0.717, 1.165) is 16.7 Å². The van der Waals surface area contributed by atoms with E-state index in [4.69, 9.17) is 16.3 Å². The Morgan fingerprint density at radius 3 is 2.39 bits per heavy atom. The van der Waals surface area contributed by atoms with Gasteiger partial charge in [-0.3, -0.25) is 9.59 Å². The summed E-state index contributed by atoms with van der Waals surface area (Å²) in [5.74, 6) is 0.268. The lowest BCUT2D eigenvalue weighted by Crippen LogP contribution is -2.33. The predicted molar refractivity (Wildman–Crippen MR) is 133 cm³/mol. The van der Waals surface area contributed by atoms with E-state index in [-0.39, 0.29) is 11.2 Å². The lowest BCUT2D eigenvalue weighted by Gasteiger charge is -2.15. The molecule has 0 aliphatic rings. The van der Waals surface area contributed by atoms with Crippen LogP contribution in [-0.2, 0) is 7.05 Å². The van der Waals surface area contributed by atoms with Crippen LogP contribution in [0.25, 0.3) is 22.0 Å². The Labute approximate surface area is 209 Å². The van der Waals surface area contributed by atoms with E-state index < -0.39 is 24.2 Å². The average Bonchev–Trinajstić information content (AvgIpc) is 3.22. The van der Waals surface area contributed by atoms with Gasteiger partial charge in [0.2, 0.25) is 0 Å². The summed E-state index contributed by atoms with van der Waals surface area (Å²) in [4.78, 5) is 27.7. The molecule has 1 amide bonds. The predicted octanol–water partition coefficient (Wildman–Crippen LogP) is 6.20. The van der Waals surface area contributed by atoms with Gasteiger partial charge in [0.05, 0.1) is 0 Å². The SMILES string of the molecule is Cc1cc(Oc2c(C)cc(Cl)cc2C)cc(-c2cn(C)c(=O)c3[nH]c(C(=O)NCC(F)(F)F)cc23)c1. The highest BCUT2D eigenvalue weighted by atomic mass is 35.5. The summed E-state index contributed by atoms with van der Waals surface area (Å²) in [5.41, 5.74) is 3.48. The van der Waals surface area contributed by atoms with Gasteiger partial charge in [-0.1, -0.05) is 17.7 Å². The number of pyridine rings is 1. The molecule has 0 spiro atoms. The summed E-state index contributed by atoms with van der Waals surface area (Å²) < 4.78 is 45.2. The molecule has 36 heavy (non-hydrogen) atoms. The molecule has 0 radical (unpaired) electrons. The van der Waals surface area contributed by atoms with Crippen molar-refractivity contribution < 1.29 is 22.7 Å². The Hall–Kier alpha value is -3.72. The molecule has 0 aliphatic carbocycles. The molecule has 2 heterocycles. The fourth-order valence-corrected chi connectivity index (χ4v) is 4.43. The molecule has 6 nitrogen and oxygen atoms in total. The second kappa shape index (κ2) is 9.39. The maximum Gasteiger partial charge on any atom is 0.405 e. The van der Waals surface area contributed by atoms with Gasteiger partial charge >= 0.3 is 6.18 Å². The second-order valence-corrected chi connectivity index (χ2v) is 9.17. The summed E-state index contributed by atoms with van der Waals surface area (Å²) in [6.45, 7) is 4.21. The number of aromatic amines is 1. The Morgan fingerprint density at radius 2 is 1.75 bits per heavy atom. The van der Waals surface area contributed by atoms with Crippen molar-refractivity contribution in [3.05, 3.63) is 80.4 Å². The minimum atomic E-state index is -4.55. The van der Waals surface area contributed by atoms with Crippen LogP contribution in [0.5, 0.6) is 11.5 Å². The fourth-order valence-electron chi connectivity index (χ4n) is 4.10. The van der Waals surface area contributed by atoms with Crippen LogP contribution in [0, 0.1) is 20.8 Å². The zero-order valence-electron chi connectivity index (χ0n) is 19.9. The minimum absolute atomic E-state index is 0.112. The third-order valence-electron chi connectivity index (χ3n) is 5.67. The first-order valence-corrected chi connectivity index (χ1v) is 11.3. The summed E-state index contributed by atoms with van der Waals surface area (Å²) in [6.07, 6.45) is -2.94. The molecule has 0 unspecified atom stereocenters. The normalized spacial score (nSPS) is 11.7. The van der Waals surface area contributed by atoms with E-state index in [0.29, 0.717) is 33.0 Å². The molecule has 2 aromatic heterocycles. The first kappa shape index (κ1) is 25.4. The number of rotatable bonds is 5. The van der Waals surface area contributed by atoms with E-state index in [2.05, 4.69) is 4.98 Å². The largest absolute Gasteiger partial charge is 0.457 e. The fraction of sp³-hybridized carbons (Fsp3) is 0.231. The van der Waals surface area contributed by atoms with Crippen molar-refractivity contribution in [1.29, 1.82) is 0 Å². The number of aromatic nitrogens is 2. The van der Waals surface area contributed by atoms with Gasteiger partial charge in [0.1, 0.15) is 29.3 Å². The van der Waals surface area contributed by atoms with Crippen molar-refractivity contribution in [2.24, 2.45) is 7.05 Å². The van der Waals surface area contributed by atoms with Gasteiger partial charge in [-0.2, -0.15) is 13.2 Å². The number of alkyl halides is 3. The van der Waals surface area contributed by atoms with Crippen molar-refractivity contribution in [3.63, 3.8) is 0 Å². The van der Waals surface area contributed by atoms with Gasteiger partial charge in [-0.05, 0) is 73.4 Å². The summed E-state index contributed by atoms with van der Waals surface area (Å²) in [5, 5.41) is 2.84. The van der Waals surface area contributed by atoms with Crippen molar-refractivity contribution >= 4 is 28.4 Å². The smallest absolute Gasteiger partial charge is 0.405 e. The van der Waals surface area contributed by atoms with E-state index in [9.17, 15) is 22.8 Å². The zero-order chi connectivity index (χ0) is 26.4. The molecule has 2 aromatic carbocycles. The maximum absolute atomic E-state index is 12.7.